The molecule has 1 heterocycles. The van der Waals surface area contributed by atoms with E-state index < -0.39 is 42.3 Å². The first-order chi connectivity index (χ1) is 18.2. The van der Waals surface area contributed by atoms with E-state index in [4.69, 9.17) is 16.3 Å². The molecule has 0 amide bonds. The van der Waals surface area contributed by atoms with E-state index in [1.54, 1.807) is 0 Å². The highest BCUT2D eigenvalue weighted by atomic mass is 19.2. The van der Waals surface area contributed by atoms with E-state index in [9.17, 15) is 23.4 Å². The summed E-state index contributed by atoms with van der Waals surface area (Å²) in [5.41, 5.74) is 6.85. The minimum absolute atomic E-state index is 0.0922. The molecule has 0 saturated carbocycles. The maximum Gasteiger partial charge on any atom is 0.194 e. The molecule has 1 aliphatic heterocycles. The minimum Gasteiger partial charge on any atom is -0.397 e. The second-order valence-electron chi connectivity index (χ2n) is 9.65. The number of anilines is 1. The lowest BCUT2D eigenvalue weighted by molar-refractivity contribution is -0.162. The summed E-state index contributed by atoms with van der Waals surface area (Å²) < 4.78 is 46.5. The standard InChI is InChI=1S/C28H33F3N4O3/c1-34(20-9-8-17-5-2-3-6-18(17)11-20)10-4-7-21-14-25(28(37)26(16-36)38-21)35(33)15-24(32)19-12-22(29)27(31)23(30)13-19/h2-3,5-6,8-9,11-13,15,21,25-26,28,36-37H,4,7,10,14,16,32-33H2,1H3/b24-15-. The summed E-state index contributed by atoms with van der Waals surface area (Å²) in [6.45, 7) is 0.350. The molecule has 7 nitrogen and oxygen atoms in total. The van der Waals surface area contributed by atoms with Gasteiger partial charge >= 0.3 is 0 Å². The Balaban J connectivity index is 1.39. The van der Waals surface area contributed by atoms with Gasteiger partial charge in [0.15, 0.2) is 17.5 Å². The van der Waals surface area contributed by atoms with Crippen LogP contribution in [0.15, 0.2) is 60.8 Å². The van der Waals surface area contributed by atoms with E-state index in [-0.39, 0.29) is 17.4 Å². The van der Waals surface area contributed by atoms with Crippen LogP contribution in [0.1, 0.15) is 24.8 Å². The van der Waals surface area contributed by atoms with Crippen molar-refractivity contribution in [1.29, 1.82) is 0 Å². The zero-order valence-electron chi connectivity index (χ0n) is 21.1. The number of hydrogen-bond acceptors (Lipinski definition) is 7. The van der Waals surface area contributed by atoms with E-state index in [1.807, 2.05) is 19.2 Å². The Hall–Kier alpha value is -3.31. The third-order valence-corrected chi connectivity index (χ3v) is 7.01. The van der Waals surface area contributed by atoms with Crippen molar-refractivity contribution in [2.24, 2.45) is 11.6 Å². The Labute approximate surface area is 219 Å². The number of nitrogens with two attached hydrogens (primary N) is 2. The molecule has 6 N–H and O–H groups in total. The highest BCUT2D eigenvalue weighted by Crippen LogP contribution is 2.28. The molecular weight excluding hydrogens is 497 g/mol. The number of rotatable bonds is 9. The summed E-state index contributed by atoms with van der Waals surface area (Å²) in [5, 5.41) is 24.0. The first-order valence-electron chi connectivity index (χ1n) is 12.5. The molecule has 4 rings (SSSR count). The van der Waals surface area contributed by atoms with Gasteiger partial charge in [0, 0.05) is 31.0 Å². The number of ether oxygens (including phenoxy) is 1. The summed E-state index contributed by atoms with van der Waals surface area (Å²) in [4.78, 5) is 2.16. The molecule has 0 bridgehead atoms. The number of hydrazine groups is 1. The van der Waals surface area contributed by atoms with Crippen molar-refractivity contribution >= 4 is 22.2 Å². The van der Waals surface area contributed by atoms with Crippen molar-refractivity contribution < 1.29 is 28.1 Å². The van der Waals surface area contributed by atoms with Gasteiger partial charge in [-0.3, -0.25) is 0 Å². The molecule has 0 radical (unpaired) electrons. The monoisotopic (exact) mass is 530 g/mol. The van der Waals surface area contributed by atoms with Gasteiger partial charge in [-0.25, -0.2) is 19.0 Å². The molecule has 4 unspecified atom stereocenters. The van der Waals surface area contributed by atoms with Gasteiger partial charge in [-0.1, -0.05) is 30.3 Å². The van der Waals surface area contributed by atoms with Crippen LogP contribution in [-0.4, -0.2) is 59.8 Å². The van der Waals surface area contributed by atoms with Gasteiger partial charge in [0.05, 0.1) is 24.4 Å². The third-order valence-electron chi connectivity index (χ3n) is 7.01. The Kier molecular flexibility index (Phi) is 8.78. The molecule has 1 saturated heterocycles. The highest BCUT2D eigenvalue weighted by molar-refractivity contribution is 5.85. The number of nitrogens with zero attached hydrogens (tertiary/aromatic N) is 2. The summed E-state index contributed by atoms with van der Waals surface area (Å²) >= 11 is 0. The normalized spacial score (nSPS) is 22.0. The van der Waals surface area contributed by atoms with Crippen LogP contribution in [0.2, 0.25) is 0 Å². The fourth-order valence-corrected chi connectivity index (χ4v) is 4.83. The van der Waals surface area contributed by atoms with Gasteiger partial charge in [0.2, 0.25) is 0 Å². The molecule has 10 heteroatoms. The fraction of sp³-hybridized carbons (Fsp3) is 0.357. The molecular formula is C28H33F3N4O3. The van der Waals surface area contributed by atoms with Crippen molar-refractivity contribution in [2.75, 3.05) is 25.1 Å². The van der Waals surface area contributed by atoms with Gasteiger partial charge in [-0.05, 0) is 54.3 Å². The lowest BCUT2D eigenvalue weighted by Crippen LogP contribution is -2.57. The summed E-state index contributed by atoms with van der Waals surface area (Å²) in [7, 11) is 2.02. The van der Waals surface area contributed by atoms with Crippen LogP contribution >= 0.6 is 0 Å². The predicted octanol–water partition coefficient (Wildman–Crippen LogP) is 3.49. The lowest BCUT2D eigenvalue weighted by Gasteiger charge is -2.42. The summed E-state index contributed by atoms with van der Waals surface area (Å²) in [6, 6.07) is 15.3. The molecule has 3 aromatic carbocycles. The minimum atomic E-state index is -1.59. The molecule has 3 aromatic rings. The molecule has 0 aromatic heterocycles. The van der Waals surface area contributed by atoms with E-state index in [1.165, 1.54) is 11.6 Å². The zero-order chi connectivity index (χ0) is 27.4. The average molecular weight is 531 g/mol. The molecule has 1 fully saturated rings. The number of aliphatic hydroxyl groups excluding tert-OH is 2. The molecule has 0 aliphatic carbocycles. The fourth-order valence-electron chi connectivity index (χ4n) is 4.83. The molecule has 0 spiro atoms. The average Bonchev–Trinajstić information content (AvgIpc) is 2.91. The van der Waals surface area contributed by atoms with Crippen LogP contribution in [0.3, 0.4) is 0 Å². The lowest BCUT2D eigenvalue weighted by atomic mass is 9.93. The van der Waals surface area contributed by atoms with Crippen LogP contribution in [0.5, 0.6) is 0 Å². The molecule has 204 valence electrons. The van der Waals surface area contributed by atoms with Gasteiger partial charge in [0.25, 0.3) is 0 Å². The largest absolute Gasteiger partial charge is 0.397 e. The van der Waals surface area contributed by atoms with E-state index in [0.29, 0.717) is 12.8 Å². The van der Waals surface area contributed by atoms with Crippen molar-refractivity contribution in [2.45, 2.75) is 43.6 Å². The second-order valence-corrected chi connectivity index (χ2v) is 9.65. The van der Waals surface area contributed by atoms with Crippen molar-refractivity contribution in [3.63, 3.8) is 0 Å². The number of hydrogen-bond donors (Lipinski definition) is 4. The van der Waals surface area contributed by atoms with Crippen LogP contribution < -0.4 is 16.5 Å². The van der Waals surface area contributed by atoms with E-state index in [2.05, 4.69) is 35.2 Å². The zero-order valence-corrected chi connectivity index (χ0v) is 21.1. The van der Waals surface area contributed by atoms with Gasteiger partial charge < -0.3 is 30.6 Å². The van der Waals surface area contributed by atoms with Gasteiger partial charge in [-0.2, -0.15) is 0 Å². The van der Waals surface area contributed by atoms with Gasteiger partial charge in [-0.15, -0.1) is 0 Å². The highest BCUT2D eigenvalue weighted by Gasteiger charge is 2.39. The quantitative estimate of drug-likeness (QED) is 0.191. The Bertz CT molecular complexity index is 1270. The van der Waals surface area contributed by atoms with Crippen LogP contribution in [0, 0.1) is 17.5 Å². The van der Waals surface area contributed by atoms with E-state index >= 15 is 0 Å². The van der Waals surface area contributed by atoms with Crippen LogP contribution in [-0.2, 0) is 4.74 Å². The number of fused-ring (bicyclic) bond motifs is 1. The summed E-state index contributed by atoms with van der Waals surface area (Å²) in [5.74, 6) is 1.83. The SMILES string of the molecule is CN(CCCC1CC(N(N)/C=C(\N)c2cc(F)c(F)c(F)c2)C(O)C(CO)O1)c1ccc2ccccc2c1. The molecule has 1 aliphatic rings. The van der Waals surface area contributed by atoms with Crippen LogP contribution in [0.4, 0.5) is 18.9 Å². The first kappa shape index (κ1) is 27.7. The second kappa shape index (κ2) is 12.0. The maximum atomic E-state index is 13.6. The molecule has 4 atom stereocenters. The Morgan fingerprint density at radius 1 is 1.08 bits per heavy atom. The van der Waals surface area contributed by atoms with Crippen molar-refractivity contribution in [3.05, 3.63) is 83.8 Å². The summed E-state index contributed by atoms with van der Waals surface area (Å²) in [6.07, 6.45) is 0.705. The smallest absolute Gasteiger partial charge is 0.194 e. The first-order valence-corrected chi connectivity index (χ1v) is 12.5. The van der Waals surface area contributed by atoms with Crippen LogP contribution in [0.25, 0.3) is 16.5 Å². The Morgan fingerprint density at radius 3 is 2.45 bits per heavy atom. The number of benzene rings is 3. The maximum absolute atomic E-state index is 13.6. The number of aliphatic hydroxyl groups is 2. The van der Waals surface area contributed by atoms with Crippen molar-refractivity contribution in [1.82, 2.24) is 5.01 Å². The van der Waals surface area contributed by atoms with Gasteiger partial charge in [0.1, 0.15) is 12.2 Å². The topological polar surface area (TPSA) is 108 Å². The molecule has 38 heavy (non-hydrogen) atoms. The van der Waals surface area contributed by atoms with Crippen molar-refractivity contribution in [3.8, 4) is 0 Å². The third kappa shape index (κ3) is 6.21. The van der Waals surface area contributed by atoms with E-state index in [0.717, 1.165) is 41.2 Å². The number of halogens is 3. The Morgan fingerprint density at radius 2 is 1.76 bits per heavy atom. The predicted molar refractivity (Wildman–Crippen MR) is 141 cm³/mol.